The number of carbonyl (C=O) groups excluding carboxylic acids is 1. The standard InChI is InChI=1S/C35H20N2O/c36-24-35(25-37)33-5-3-1-2-4-32(33)22-34(35)31-20-18-29(19-21-31)13-12-27-8-6-26(7-9-27)10-11-28-14-16-30(23-38)17-15-28/h1-9,14-23,33H. The fraction of sp³-hybridized carbons (Fsp3) is 0.0571. The predicted molar refractivity (Wildman–Crippen MR) is 148 cm³/mol. The lowest BCUT2D eigenvalue weighted by Crippen LogP contribution is -2.24. The number of nitrogens with zero attached hydrogens (tertiary/aromatic N) is 2. The van der Waals surface area contributed by atoms with Crippen LogP contribution in [-0.2, 0) is 0 Å². The summed E-state index contributed by atoms with van der Waals surface area (Å²) in [4.78, 5) is 10.8. The summed E-state index contributed by atoms with van der Waals surface area (Å²) in [7, 11) is 0. The Balaban J connectivity index is 1.32. The number of fused-ring (bicyclic) bond motifs is 1. The van der Waals surface area contributed by atoms with E-state index in [0.717, 1.165) is 45.2 Å². The first-order chi connectivity index (χ1) is 18.6. The molecule has 5 rings (SSSR count). The Bertz CT molecular complexity index is 1710. The van der Waals surface area contributed by atoms with Crippen LogP contribution in [0.4, 0.5) is 0 Å². The Morgan fingerprint density at radius 1 is 0.658 bits per heavy atom. The predicted octanol–water partition coefficient (Wildman–Crippen LogP) is 6.40. The highest BCUT2D eigenvalue weighted by Crippen LogP contribution is 2.51. The summed E-state index contributed by atoms with van der Waals surface area (Å²) in [5.74, 6) is 12.3. The van der Waals surface area contributed by atoms with Crippen molar-refractivity contribution in [3.8, 4) is 35.8 Å². The fourth-order valence-corrected chi connectivity index (χ4v) is 4.50. The molecule has 0 aromatic heterocycles. The first-order valence-electron chi connectivity index (χ1n) is 12.0. The molecule has 3 nitrogen and oxygen atoms in total. The molecule has 2 aliphatic carbocycles. The molecule has 0 saturated carbocycles. The molecule has 0 aliphatic heterocycles. The third-order valence-electron chi connectivity index (χ3n) is 6.56. The van der Waals surface area contributed by atoms with Crippen LogP contribution in [0, 0.1) is 57.7 Å². The second-order valence-electron chi connectivity index (χ2n) is 8.90. The van der Waals surface area contributed by atoms with E-state index >= 15 is 0 Å². The molecule has 0 amide bonds. The number of rotatable bonds is 2. The molecule has 0 saturated heterocycles. The summed E-state index contributed by atoms with van der Waals surface area (Å²) in [5, 5.41) is 20.1. The van der Waals surface area contributed by atoms with E-state index in [0.29, 0.717) is 5.56 Å². The van der Waals surface area contributed by atoms with Gasteiger partial charge >= 0.3 is 0 Å². The van der Waals surface area contributed by atoms with Gasteiger partial charge in [0.2, 0.25) is 0 Å². The average molecular weight is 485 g/mol. The van der Waals surface area contributed by atoms with Gasteiger partial charge in [-0.2, -0.15) is 10.5 Å². The molecule has 0 radical (unpaired) electrons. The van der Waals surface area contributed by atoms with Gasteiger partial charge in [-0.15, -0.1) is 0 Å². The third-order valence-corrected chi connectivity index (χ3v) is 6.56. The van der Waals surface area contributed by atoms with E-state index in [1.165, 1.54) is 0 Å². The second-order valence-corrected chi connectivity index (χ2v) is 8.90. The van der Waals surface area contributed by atoms with Gasteiger partial charge in [-0.1, -0.05) is 84.4 Å². The van der Waals surface area contributed by atoms with Gasteiger partial charge < -0.3 is 0 Å². The maximum atomic E-state index is 10.8. The monoisotopic (exact) mass is 484 g/mol. The zero-order valence-electron chi connectivity index (χ0n) is 20.3. The van der Waals surface area contributed by atoms with Gasteiger partial charge in [-0.05, 0) is 65.2 Å². The summed E-state index contributed by atoms with van der Waals surface area (Å²) in [6.45, 7) is 0. The fourth-order valence-electron chi connectivity index (χ4n) is 4.50. The number of aldehydes is 1. The van der Waals surface area contributed by atoms with E-state index in [9.17, 15) is 15.3 Å². The van der Waals surface area contributed by atoms with Crippen molar-refractivity contribution in [3.05, 3.63) is 148 Å². The van der Waals surface area contributed by atoms with Crippen molar-refractivity contribution in [1.29, 1.82) is 10.5 Å². The lowest BCUT2D eigenvalue weighted by atomic mass is 9.73. The number of hydrogen-bond acceptors (Lipinski definition) is 3. The van der Waals surface area contributed by atoms with Crippen LogP contribution in [-0.4, -0.2) is 6.29 Å². The van der Waals surface area contributed by atoms with Crippen LogP contribution in [0.25, 0.3) is 5.57 Å². The van der Waals surface area contributed by atoms with Crippen LogP contribution in [0.1, 0.15) is 38.2 Å². The third kappa shape index (κ3) is 4.74. The summed E-state index contributed by atoms with van der Waals surface area (Å²) >= 11 is 0. The lowest BCUT2D eigenvalue weighted by molar-refractivity contribution is 0.112. The SMILES string of the molecule is N#CC1(C#N)C(c2ccc(C#Cc3ccc(C#Cc4ccc(C=O)cc4)cc3)cc2)=CC2=CC=CC=CC21. The Morgan fingerprint density at radius 2 is 1.16 bits per heavy atom. The van der Waals surface area contributed by atoms with Crippen molar-refractivity contribution >= 4 is 11.9 Å². The van der Waals surface area contributed by atoms with E-state index in [1.54, 1.807) is 12.1 Å². The van der Waals surface area contributed by atoms with Gasteiger partial charge in [0.15, 0.2) is 5.41 Å². The first-order valence-corrected chi connectivity index (χ1v) is 12.0. The van der Waals surface area contributed by atoms with Crippen LogP contribution >= 0.6 is 0 Å². The van der Waals surface area contributed by atoms with Crippen molar-refractivity contribution in [2.24, 2.45) is 11.3 Å². The van der Waals surface area contributed by atoms with Crippen LogP contribution in [0.3, 0.4) is 0 Å². The summed E-state index contributed by atoms with van der Waals surface area (Å²) in [6.07, 6.45) is 12.4. The van der Waals surface area contributed by atoms with Gasteiger partial charge in [0.1, 0.15) is 6.29 Å². The number of hydrogen-bond donors (Lipinski definition) is 0. The number of nitriles is 2. The average Bonchev–Trinajstić information content (AvgIpc) is 3.10. The molecule has 0 spiro atoms. The maximum Gasteiger partial charge on any atom is 0.179 e. The lowest BCUT2D eigenvalue weighted by Gasteiger charge is -2.23. The Hall–Kier alpha value is -5.61. The molecule has 0 bridgehead atoms. The molecule has 0 fully saturated rings. The highest BCUT2D eigenvalue weighted by atomic mass is 16.1. The van der Waals surface area contributed by atoms with E-state index in [4.69, 9.17) is 0 Å². The highest BCUT2D eigenvalue weighted by molar-refractivity contribution is 5.83. The van der Waals surface area contributed by atoms with E-state index in [1.807, 2.05) is 97.1 Å². The Morgan fingerprint density at radius 3 is 1.66 bits per heavy atom. The minimum Gasteiger partial charge on any atom is -0.298 e. The van der Waals surface area contributed by atoms with Crippen molar-refractivity contribution in [1.82, 2.24) is 0 Å². The molecule has 3 aromatic rings. The van der Waals surface area contributed by atoms with Crippen molar-refractivity contribution in [3.63, 3.8) is 0 Å². The summed E-state index contributed by atoms with van der Waals surface area (Å²) in [6, 6.07) is 27.1. The summed E-state index contributed by atoms with van der Waals surface area (Å²) < 4.78 is 0. The van der Waals surface area contributed by atoms with E-state index in [2.05, 4.69) is 35.8 Å². The zero-order valence-corrected chi connectivity index (χ0v) is 20.3. The number of carbonyl (C=O) groups is 1. The topological polar surface area (TPSA) is 64.7 Å². The molecule has 38 heavy (non-hydrogen) atoms. The minimum absolute atomic E-state index is 0.294. The van der Waals surface area contributed by atoms with Crippen LogP contribution in [0.5, 0.6) is 0 Å². The van der Waals surface area contributed by atoms with Crippen LogP contribution < -0.4 is 0 Å². The normalized spacial score (nSPS) is 16.1. The molecule has 0 heterocycles. The van der Waals surface area contributed by atoms with E-state index in [-0.39, 0.29) is 5.92 Å². The van der Waals surface area contributed by atoms with Crippen molar-refractivity contribution < 1.29 is 4.79 Å². The maximum absolute atomic E-state index is 10.8. The smallest absolute Gasteiger partial charge is 0.179 e. The van der Waals surface area contributed by atoms with Gasteiger partial charge in [-0.25, -0.2) is 0 Å². The highest BCUT2D eigenvalue weighted by Gasteiger charge is 2.48. The van der Waals surface area contributed by atoms with Crippen molar-refractivity contribution in [2.75, 3.05) is 0 Å². The zero-order chi connectivity index (χ0) is 26.4. The van der Waals surface area contributed by atoms with Crippen LogP contribution in [0.2, 0.25) is 0 Å². The molecular formula is C35H20N2O. The largest absolute Gasteiger partial charge is 0.298 e. The molecule has 3 aromatic carbocycles. The Labute approximate surface area is 222 Å². The van der Waals surface area contributed by atoms with Gasteiger partial charge in [-0.3, -0.25) is 4.79 Å². The molecule has 2 aliphatic rings. The van der Waals surface area contributed by atoms with Gasteiger partial charge in [0, 0.05) is 33.7 Å². The van der Waals surface area contributed by atoms with Crippen molar-refractivity contribution in [2.45, 2.75) is 0 Å². The minimum atomic E-state index is -1.26. The number of allylic oxidation sites excluding steroid dienone is 8. The second kappa shape index (κ2) is 10.6. The Kier molecular flexibility index (Phi) is 6.70. The molecule has 0 N–H and O–H groups in total. The molecule has 1 unspecified atom stereocenters. The molecule has 3 heteroatoms. The van der Waals surface area contributed by atoms with Gasteiger partial charge in [0.25, 0.3) is 0 Å². The number of benzene rings is 3. The summed E-state index contributed by atoms with van der Waals surface area (Å²) in [5.41, 5.74) is 5.31. The molecular weight excluding hydrogens is 464 g/mol. The first kappa shape index (κ1) is 24.1. The molecule has 176 valence electrons. The molecule has 1 atom stereocenters. The van der Waals surface area contributed by atoms with Gasteiger partial charge in [0.05, 0.1) is 12.1 Å². The quantitative estimate of drug-likeness (QED) is 0.312. The van der Waals surface area contributed by atoms with Crippen LogP contribution in [0.15, 0.2) is 115 Å². The van der Waals surface area contributed by atoms with E-state index < -0.39 is 5.41 Å².